The molecule has 1 unspecified atom stereocenters. The monoisotopic (exact) mass is 269 g/mol. The second-order valence-corrected chi connectivity index (χ2v) is 5.74. The first-order chi connectivity index (χ1) is 8.36. The van der Waals surface area contributed by atoms with Crippen molar-refractivity contribution in [2.45, 2.75) is 33.2 Å². The Balaban J connectivity index is 2.84. The highest BCUT2D eigenvalue weighted by Gasteiger charge is 2.22. The highest BCUT2D eigenvalue weighted by atomic mass is 35.5. The topological polar surface area (TPSA) is 12.0 Å². The van der Waals surface area contributed by atoms with E-state index < -0.39 is 0 Å². The summed E-state index contributed by atoms with van der Waals surface area (Å²) in [5.41, 5.74) is 0.450. The maximum Gasteiger partial charge on any atom is 0.126 e. The first-order valence-electron chi connectivity index (χ1n) is 6.17. The van der Waals surface area contributed by atoms with Crippen LogP contribution in [0.4, 0.5) is 4.39 Å². The van der Waals surface area contributed by atoms with Crippen LogP contribution in [0.3, 0.4) is 0 Å². The van der Waals surface area contributed by atoms with Gasteiger partial charge in [-0.3, -0.25) is 0 Å². The molecule has 1 aromatic carbocycles. The van der Waals surface area contributed by atoms with Gasteiger partial charge in [-0.1, -0.05) is 38.4 Å². The van der Waals surface area contributed by atoms with Gasteiger partial charge in [0.05, 0.1) is 0 Å². The molecule has 0 radical (unpaired) electrons. The van der Waals surface area contributed by atoms with Crippen molar-refractivity contribution in [1.29, 1.82) is 0 Å². The minimum Gasteiger partial charge on any atom is -0.314 e. The van der Waals surface area contributed by atoms with Gasteiger partial charge >= 0.3 is 0 Å². The molecule has 3 heteroatoms. The summed E-state index contributed by atoms with van der Waals surface area (Å²) in [6, 6.07) is 5.07. The van der Waals surface area contributed by atoms with E-state index in [1.54, 1.807) is 12.1 Å². The van der Waals surface area contributed by atoms with Crippen LogP contribution in [0.5, 0.6) is 0 Å². The highest BCUT2D eigenvalue weighted by Crippen LogP contribution is 2.26. The van der Waals surface area contributed by atoms with Crippen LogP contribution in [0, 0.1) is 11.2 Å². The molecule has 0 aliphatic heterocycles. The van der Waals surface area contributed by atoms with E-state index in [4.69, 9.17) is 11.6 Å². The van der Waals surface area contributed by atoms with E-state index in [2.05, 4.69) is 32.7 Å². The van der Waals surface area contributed by atoms with E-state index in [-0.39, 0.29) is 11.2 Å². The lowest BCUT2D eigenvalue weighted by molar-refractivity contribution is 0.368. The summed E-state index contributed by atoms with van der Waals surface area (Å²) in [6.45, 7) is 10.9. The molecule has 1 rings (SSSR count). The normalized spacial score (nSPS) is 14.6. The Hall–Kier alpha value is -0.860. The zero-order valence-electron chi connectivity index (χ0n) is 11.3. The van der Waals surface area contributed by atoms with Gasteiger partial charge in [0.1, 0.15) is 5.82 Å². The number of hydrogen-bond acceptors (Lipinski definition) is 1. The lowest BCUT2D eigenvalue weighted by Gasteiger charge is -2.27. The molecule has 1 N–H and O–H groups in total. The molecule has 0 heterocycles. The fourth-order valence-electron chi connectivity index (χ4n) is 1.76. The van der Waals surface area contributed by atoms with Crippen molar-refractivity contribution < 1.29 is 4.39 Å². The van der Waals surface area contributed by atoms with Crippen LogP contribution in [-0.4, -0.2) is 12.6 Å². The fourth-order valence-corrected chi connectivity index (χ4v) is 1.95. The minimum atomic E-state index is -0.211. The van der Waals surface area contributed by atoms with E-state index >= 15 is 0 Å². The zero-order chi connectivity index (χ0) is 13.8. The van der Waals surface area contributed by atoms with Crippen molar-refractivity contribution in [3.05, 3.63) is 47.3 Å². The summed E-state index contributed by atoms with van der Waals surface area (Å²) in [7, 11) is 0. The average molecular weight is 270 g/mol. The van der Waals surface area contributed by atoms with Gasteiger partial charge in [-0.2, -0.15) is 0 Å². The third kappa shape index (κ3) is 4.43. The molecule has 1 nitrogen and oxygen atoms in total. The number of nitrogens with one attached hydrogen (secondary N) is 1. The third-order valence-corrected chi connectivity index (χ3v) is 3.24. The first kappa shape index (κ1) is 15.2. The predicted octanol–water partition coefficient (Wildman–Crippen LogP) is 4.21. The quantitative estimate of drug-likeness (QED) is 0.763. The Morgan fingerprint density at radius 1 is 1.50 bits per heavy atom. The molecular formula is C15H21ClFN. The van der Waals surface area contributed by atoms with Gasteiger partial charge in [-0.25, -0.2) is 4.39 Å². The molecule has 1 atom stereocenters. The Morgan fingerprint density at radius 3 is 2.72 bits per heavy atom. The third-order valence-electron chi connectivity index (χ3n) is 3.01. The van der Waals surface area contributed by atoms with Crippen LogP contribution in [0.25, 0.3) is 0 Å². The molecule has 0 bridgehead atoms. The molecule has 0 aliphatic rings. The Bertz CT molecular complexity index is 417. The lowest BCUT2D eigenvalue weighted by Crippen LogP contribution is -2.36. The van der Waals surface area contributed by atoms with Gasteiger partial charge in [0.2, 0.25) is 0 Å². The second-order valence-electron chi connectivity index (χ2n) is 5.31. The number of hydrogen-bond donors (Lipinski definition) is 1. The molecule has 0 amide bonds. The first-order valence-corrected chi connectivity index (χ1v) is 6.55. The van der Waals surface area contributed by atoms with Crippen molar-refractivity contribution in [1.82, 2.24) is 5.32 Å². The van der Waals surface area contributed by atoms with Crippen molar-refractivity contribution in [2.75, 3.05) is 6.54 Å². The van der Waals surface area contributed by atoms with Gasteiger partial charge in [0.15, 0.2) is 0 Å². The van der Waals surface area contributed by atoms with Crippen molar-refractivity contribution in [3.63, 3.8) is 0 Å². The van der Waals surface area contributed by atoms with Crippen molar-refractivity contribution in [3.8, 4) is 0 Å². The number of benzene rings is 1. The van der Waals surface area contributed by atoms with Crippen LogP contribution in [0.15, 0.2) is 30.9 Å². The van der Waals surface area contributed by atoms with Crippen LogP contribution in [0.2, 0.25) is 5.02 Å². The van der Waals surface area contributed by atoms with Crippen LogP contribution in [0.1, 0.15) is 26.3 Å². The largest absolute Gasteiger partial charge is 0.314 e. The maximum absolute atomic E-state index is 13.7. The molecule has 18 heavy (non-hydrogen) atoms. The fraction of sp³-hybridized carbons (Fsp3) is 0.467. The zero-order valence-corrected chi connectivity index (χ0v) is 12.0. The molecule has 0 saturated carbocycles. The predicted molar refractivity (Wildman–Crippen MR) is 76.6 cm³/mol. The van der Waals surface area contributed by atoms with E-state index in [1.807, 2.05) is 6.08 Å². The van der Waals surface area contributed by atoms with Crippen LogP contribution in [-0.2, 0) is 6.42 Å². The highest BCUT2D eigenvalue weighted by molar-refractivity contribution is 6.30. The number of rotatable bonds is 6. The van der Waals surface area contributed by atoms with Gasteiger partial charge in [0, 0.05) is 23.0 Å². The van der Waals surface area contributed by atoms with Gasteiger partial charge in [-0.05, 0) is 30.2 Å². The Labute approximate surface area is 114 Å². The summed E-state index contributed by atoms with van der Waals surface area (Å²) in [5.74, 6) is -0.211. The summed E-state index contributed by atoms with van der Waals surface area (Å²) < 4.78 is 13.7. The maximum atomic E-state index is 13.7. The van der Waals surface area contributed by atoms with Crippen molar-refractivity contribution in [2.24, 2.45) is 5.41 Å². The molecule has 0 saturated heterocycles. The smallest absolute Gasteiger partial charge is 0.126 e. The van der Waals surface area contributed by atoms with Gasteiger partial charge in [0.25, 0.3) is 0 Å². The molecular weight excluding hydrogens is 249 g/mol. The number of halogens is 2. The molecule has 0 fully saturated rings. The molecule has 0 aliphatic carbocycles. The summed E-state index contributed by atoms with van der Waals surface area (Å²) >= 11 is 5.91. The van der Waals surface area contributed by atoms with E-state index in [9.17, 15) is 4.39 Å². The molecule has 1 aromatic rings. The summed E-state index contributed by atoms with van der Waals surface area (Å²) in [5, 5.41) is 3.93. The minimum absolute atomic E-state index is 0.185. The van der Waals surface area contributed by atoms with Crippen LogP contribution >= 0.6 is 11.6 Å². The lowest BCUT2D eigenvalue weighted by atomic mass is 9.83. The van der Waals surface area contributed by atoms with E-state index in [0.29, 0.717) is 23.0 Å². The van der Waals surface area contributed by atoms with E-state index in [0.717, 1.165) is 6.54 Å². The summed E-state index contributed by atoms with van der Waals surface area (Å²) in [6.07, 6.45) is 2.46. The van der Waals surface area contributed by atoms with E-state index in [1.165, 1.54) is 6.07 Å². The second kappa shape index (κ2) is 6.35. The van der Waals surface area contributed by atoms with Gasteiger partial charge in [-0.15, -0.1) is 6.58 Å². The SMILES string of the molecule is C=CC(C)(CNC(C)C)Cc1cc(Cl)ccc1F. The Kier molecular flexibility index (Phi) is 5.36. The molecule has 0 aromatic heterocycles. The average Bonchev–Trinajstić information content (AvgIpc) is 2.31. The Morgan fingerprint density at radius 2 is 2.17 bits per heavy atom. The van der Waals surface area contributed by atoms with Crippen molar-refractivity contribution >= 4 is 11.6 Å². The van der Waals surface area contributed by atoms with Crippen LogP contribution < -0.4 is 5.32 Å². The molecule has 0 spiro atoms. The van der Waals surface area contributed by atoms with Gasteiger partial charge < -0.3 is 5.32 Å². The summed E-state index contributed by atoms with van der Waals surface area (Å²) in [4.78, 5) is 0. The standard InChI is InChI=1S/C15H21ClFN/c1-5-15(4,10-18-11(2)3)9-12-8-13(16)6-7-14(12)17/h5-8,11,18H,1,9-10H2,2-4H3. The molecule has 100 valence electrons.